The van der Waals surface area contributed by atoms with Crippen LogP contribution in [0.1, 0.15) is 27.2 Å². The van der Waals surface area contributed by atoms with Crippen molar-refractivity contribution in [2.75, 3.05) is 42.9 Å². The van der Waals surface area contributed by atoms with E-state index in [0.717, 1.165) is 25.6 Å². The van der Waals surface area contributed by atoms with Crippen molar-refractivity contribution in [2.24, 2.45) is 0 Å². The molecule has 118 valence electrons. The summed E-state index contributed by atoms with van der Waals surface area (Å²) in [7, 11) is 0. The van der Waals surface area contributed by atoms with Gasteiger partial charge in [-0.2, -0.15) is 0 Å². The zero-order valence-electron chi connectivity index (χ0n) is 13.0. The Hall–Kier alpha value is -1.43. The Bertz CT molecular complexity index is 481. The standard InChI is InChI=1S/C15H24F2N4/c1-4-6-18-14-12(16)9-13(17)15(19-14)21-8-7-20(5-2)11(3)10-21/h9,11H,4-8,10H2,1-3H3,(H,18,19). The Balaban J connectivity index is 2.19. The first-order valence-electron chi connectivity index (χ1n) is 7.65. The lowest BCUT2D eigenvalue weighted by atomic mass is 10.2. The smallest absolute Gasteiger partial charge is 0.168 e. The van der Waals surface area contributed by atoms with Gasteiger partial charge in [-0.25, -0.2) is 13.8 Å². The Morgan fingerprint density at radius 2 is 2.05 bits per heavy atom. The van der Waals surface area contributed by atoms with Gasteiger partial charge in [-0.15, -0.1) is 0 Å². The molecule has 0 aromatic carbocycles. The molecule has 0 aliphatic carbocycles. The molecule has 0 radical (unpaired) electrons. The topological polar surface area (TPSA) is 31.4 Å². The van der Waals surface area contributed by atoms with Crippen LogP contribution in [0, 0.1) is 11.6 Å². The molecule has 21 heavy (non-hydrogen) atoms. The molecule has 1 aliphatic rings. The molecule has 4 nitrogen and oxygen atoms in total. The number of likely N-dealkylation sites (N-methyl/N-ethyl adjacent to an activating group) is 1. The van der Waals surface area contributed by atoms with Crippen LogP contribution in [0.15, 0.2) is 6.07 Å². The lowest BCUT2D eigenvalue weighted by Crippen LogP contribution is -2.52. The average molecular weight is 298 g/mol. The fourth-order valence-corrected chi connectivity index (χ4v) is 2.70. The van der Waals surface area contributed by atoms with E-state index in [1.54, 1.807) is 0 Å². The summed E-state index contributed by atoms with van der Waals surface area (Å²) in [5.74, 6) is -0.840. The van der Waals surface area contributed by atoms with Gasteiger partial charge in [-0.1, -0.05) is 13.8 Å². The highest BCUT2D eigenvalue weighted by atomic mass is 19.1. The van der Waals surface area contributed by atoms with E-state index >= 15 is 0 Å². The van der Waals surface area contributed by atoms with Gasteiger partial charge in [-0.05, 0) is 19.9 Å². The van der Waals surface area contributed by atoms with Crippen LogP contribution in [-0.2, 0) is 0 Å². The van der Waals surface area contributed by atoms with Crippen molar-refractivity contribution in [3.63, 3.8) is 0 Å². The number of piperazine rings is 1. The summed E-state index contributed by atoms with van der Waals surface area (Å²) in [4.78, 5) is 8.41. The third-order valence-electron chi connectivity index (χ3n) is 3.92. The average Bonchev–Trinajstić information content (AvgIpc) is 2.46. The van der Waals surface area contributed by atoms with E-state index in [1.165, 1.54) is 0 Å². The van der Waals surface area contributed by atoms with Crippen LogP contribution >= 0.6 is 0 Å². The quantitative estimate of drug-likeness (QED) is 0.905. The Labute approximate surface area is 125 Å². The second-order valence-corrected chi connectivity index (χ2v) is 5.47. The first-order valence-corrected chi connectivity index (χ1v) is 7.65. The summed E-state index contributed by atoms with van der Waals surface area (Å²) in [6.07, 6.45) is 0.861. The van der Waals surface area contributed by atoms with Crippen LogP contribution in [0.4, 0.5) is 20.4 Å². The van der Waals surface area contributed by atoms with Crippen LogP contribution in [-0.4, -0.2) is 48.6 Å². The number of halogens is 2. The van der Waals surface area contributed by atoms with Crippen molar-refractivity contribution >= 4 is 11.6 Å². The molecule has 0 spiro atoms. The van der Waals surface area contributed by atoms with E-state index in [-0.39, 0.29) is 11.6 Å². The summed E-state index contributed by atoms with van der Waals surface area (Å²) in [5.41, 5.74) is 0. The molecular weight excluding hydrogens is 274 g/mol. The molecule has 6 heteroatoms. The maximum Gasteiger partial charge on any atom is 0.168 e. The summed E-state index contributed by atoms with van der Waals surface area (Å²) in [6, 6.07) is 1.26. The second-order valence-electron chi connectivity index (χ2n) is 5.47. The van der Waals surface area contributed by atoms with Gasteiger partial charge in [0.2, 0.25) is 0 Å². The molecule has 1 fully saturated rings. The molecule has 0 amide bonds. The lowest BCUT2D eigenvalue weighted by molar-refractivity contribution is 0.198. The predicted octanol–water partition coefficient (Wildman–Crippen LogP) is 2.71. The van der Waals surface area contributed by atoms with Gasteiger partial charge in [0.1, 0.15) is 0 Å². The van der Waals surface area contributed by atoms with Crippen molar-refractivity contribution in [2.45, 2.75) is 33.2 Å². The SMILES string of the molecule is CCCNc1nc(N2CCN(CC)C(C)C2)c(F)cc1F. The Kier molecular flexibility index (Phi) is 5.33. The minimum Gasteiger partial charge on any atom is -0.368 e. The molecule has 1 aromatic rings. The number of rotatable bonds is 5. The van der Waals surface area contributed by atoms with Gasteiger partial charge in [0.05, 0.1) is 0 Å². The number of anilines is 2. The minimum atomic E-state index is -0.634. The van der Waals surface area contributed by atoms with E-state index < -0.39 is 11.6 Å². The third kappa shape index (κ3) is 3.61. The minimum absolute atomic E-state index is 0.138. The fraction of sp³-hybridized carbons (Fsp3) is 0.667. The Morgan fingerprint density at radius 1 is 1.29 bits per heavy atom. The molecule has 0 saturated carbocycles. The van der Waals surface area contributed by atoms with Crippen LogP contribution in [0.25, 0.3) is 0 Å². The number of hydrogen-bond acceptors (Lipinski definition) is 4. The molecule has 1 atom stereocenters. The molecule has 2 heterocycles. The maximum absolute atomic E-state index is 14.1. The summed E-state index contributed by atoms with van der Waals surface area (Å²) in [5, 5.41) is 2.91. The number of nitrogens with zero attached hydrogens (tertiary/aromatic N) is 3. The van der Waals surface area contributed by atoms with Crippen LogP contribution < -0.4 is 10.2 Å². The van der Waals surface area contributed by atoms with Crippen molar-refractivity contribution < 1.29 is 8.78 Å². The summed E-state index contributed by atoms with van der Waals surface area (Å²) >= 11 is 0. The highest BCUT2D eigenvalue weighted by molar-refractivity contribution is 5.49. The Morgan fingerprint density at radius 3 is 2.67 bits per heavy atom. The molecule has 1 aliphatic heterocycles. The fourth-order valence-electron chi connectivity index (χ4n) is 2.70. The first kappa shape index (κ1) is 15.9. The van der Waals surface area contributed by atoms with Gasteiger partial charge >= 0.3 is 0 Å². The highest BCUT2D eigenvalue weighted by Crippen LogP contribution is 2.24. The normalized spacial score (nSPS) is 19.9. The van der Waals surface area contributed by atoms with E-state index in [1.807, 2.05) is 11.8 Å². The largest absolute Gasteiger partial charge is 0.368 e. The van der Waals surface area contributed by atoms with Crippen molar-refractivity contribution in [3.8, 4) is 0 Å². The third-order valence-corrected chi connectivity index (χ3v) is 3.92. The van der Waals surface area contributed by atoms with Gasteiger partial charge in [0.15, 0.2) is 23.3 Å². The maximum atomic E-state index is 14.1. The molecule has 1 aromatic heterocycles. The molecule has 1 N–H and O–H groups in total. The molecule has 2 rings (SSSR count). The van der Waals surface area contributed by atoms with E-state index in [0.29, 0.717) is 25.7 Å². The van der Waals surface area contributed by atoms with Crippen LogP contribution in [0.3, 0.4) is 0 Å². The van der Waals surface area contributed by atoms with E-state index in [9.17, 15) is 8.78 Å². The zero-order chi connectivity index (χ0) is 15.4. The number of nitrogens with one attached hydrogen (secondary N) is 1. The van der Waals surface area contributed by atoms with Gasteiger partial charge in [0.25, 0.3) is 0 Å². The number of pyridine rings is 1. The van der Waals surface area contributed by atoms with Crippen molar-refractivity contribution in [3.05, 3.63) is 17.7 Å². The molecule has 1 unspecified atom stereocenters. The molecule has 0 bridgehead atoms. The summed E-state index contributed by atoms with van der Waals surface area (Å²) < 4.78 is 27.8. The highest BCUT2D eigenvalue weighted by Gasteiger charge is 2.26. The van der Waals surface area contributed by atoms with Gasteiger partial charge in [0, 0.05) is 38.3 Å². The van der Waals surface area contributed by atoms with E-state index in [2.05, 4.69) is 29.0 Å². The number of hydrogen-bond donors (Lipinski definition) is 1. The van der Waals surface area contributed by atoms with Gasteiger partial charge in [-0.3, -0.25) is 4.90 Å². The predicted molar refractivity (Wildman–Crippen MR) is 81.9 cm³/mol. The van der Waals surface area contributed by atoms with Crippen LogP contribution in [0.2, 0.25) is 0 Å². The number of aromatic nitrogens is 1. The van der Waals surface area contributed by atoms with Crippen molar-refractivity contribution in [1.29, 1.82) is 0 Å². The van der Waals surface area contributed by atoms with E-state index in [4.69, 9.17) is 0 Å². The van der Waals surface area contributed by atoms with Crippen molar-refractivity contribution in [1.82, 2.24) is 9.88 Å². The lowest BCUT2D eigenvalue weighted by Gasteiger charge is -2.40. The zero-order valence-corrected chi connectivity index (χ0v) is 13.0. The monoisotopic (exact) mass is 298 g/mol. The first-order chi connectivity index (χ1) is 10.1. The second kappa shape index (κ2) is 7.02. The van der Waals surface area contributed by atoms with Gasteiger partial charge < -0.3 is 10.2 Å². The molecule has 1 saturated heterocycles. The van der Waals surface area contributed by atoms with Crippen LogP contribution in [0.5, 0.6) is 0 Å². The summed E-state index contributed by atoms with van der Waals surface area (Å²) in [6.45, 7) is 10.1. The molecular formula is C15H24F2N4.